The van der Waals surface area contributed by atoms with Crippen molar-refractivity contribution in [2.45, 2.75) is 6.54 Å². The molecule has 0 saturated carbocycles. The first-order valence-corrected chi connectivity index (χ1v) is 8.77. The van der Waals surface area contributed by atoms with E-state index in [4.69, 9.17) is 23.2 Å². The second-order valence-electron chi connectivity index (χ2n) is 5.67. The van der Waals surface area contributed by atoms with Gasteiger partial charge in [0.15, 0.2) is 0 Å². The standard InChI is InChI=1S/C19H14Cl2FN3O2/c20-13-3-1-12(2-4-13)17-7-8-18(26)25(24-17)10-9-23-19(27)15-6-5-14(22)11-16(15)21/h1-8,11H,9-10H2,(H,23,27). The highest BCUT2D eigenvalue weighted by molar-refractivity contribution is 6.33. The maximum absolute atomic E-state index is 13.1. The minimum absolute atomic E-state index is 0.0209. The van der Waals surface area contributed by atoms with Crippen molar-refractivity contribution >= 4 is 29.1 Å². The molecule has 0 aliphatic rings. The Labute approximate surface area is 164 Å². The third-order valence-corrected chi connectivity index (χ3v) is 4.36. The number of halogens is 3. The van der Waals surface area contributed by atoms with Crippen LogP contribution in [0.2, 0.25) is 10.0 Å². The Hall–Kier alpha value is -2.70. The topological polar surface area (TPSA) is 64.0 Å². The summed E-state index contributed by atoms with van der Waals surface area (Å²) in [4.78, 5) is 24.1. The molecule has 3 aromatic rings. The molecule has 138 valence electrons. The van der Waals surface area contributed by atoms with Crippen molar-refractivity contribution in [2.75, 3.05) is 6.54 Å². The molecule has 27 heavy (non-hydrogen) atoms. The van der Waals surface area contributed by atoms with E-state index < -0.39 is 11.7 Å². The fourth-order valence-electron chi connectivity index (χ4n) is 2.43. The van der Waals surface area contributed by atoms with Crippen molar-refractivity contribution in [1.82, 2.24) is 15.1 Å². The van der Waals surface area contributed by atoms with Gasteiger partial charge in [-0.25, -0.2) is 9.07 Å². The average Bonchev–Trinajstić information content (AvgIpc) is 2.64. The third-order valence-electron chi connectivity index (χ3n) is 3.79. The Morgan fingerprint density at radius 2 is 1.81 bits per heavy atom. The average molecular weight is 406 g/mol. The third kappa shape index (κ3) is 4.72. The predicted molar refractivity (Wildman–Crippen MR) is 103 cm³/mol. The minimum Gasteiger partial charge on any atom is -0.350 e. The van der Waals surface area contributed by atoms with Gasteiger partial charge >= 0.3 is 0 Å². The molecule has 0 aliphatic heterocycles. The first-order chi connectivity index (χ1) is 12.9. The number of carbonyl (C=O) groups excluding carboxylic acids is 1. The molecule has 1 heterocycles. The van der Waals surface area contributed by atoms with Crippen molar-refractivity contribution in [1.29, 1.82) is 0 Å². The highest BCUT2D eigenvalue weighted by Gasteiger charge is 2.11. The molecule has 0 fully saturated rings. The molecule has 1 N–H and O–H groups in total. The van der Waals surface area contributed by atoms with Gasteiger partial charge in [-0.1, -0.05) is 35.3 Å². The van der Waals surface area contributed by atoms with E-state index in [1.54, 1.807) is 30.3 Å². The molecule has 0 spiro atoms. The van der Waals surface area contributed by atoms with E-state index in [2.05, 4.69) is 10.4 Å². The van der Waals surface area contributed by atoms with Crippen LogP contribution in [0, 0.1) is 5.82 Å². The fourth-order valence-corrected chi connectivity index (χ4v) is 2.81. The first-order valence-electron chi connectivity index (χ1n) is 8.01. The van der Waals surface area contributed by atoms with Crippen molar-refractivity contribution in [3.05, 3.63) is 86.4 Å². The van der Waals surface area contributed by atoms with Gasteiger partial charge in [0.05, 0.1) is 22.8 Å². The van der Waals surface area contributed by atoms with Gasteiger partial charge in [-0.15, -0.1) is 0 Å². The quantitative estimate of drug-likeness (QED) is 0.702. The molecule has 5 nitrogen and oxygen atoms in total. The van der Waals surface area contributed by atoms with Gasteiger partial charge in [-0.3, -0.25) is 9.59 Å². The molecule has 0 saturated heterocycles. The monoisotopic (exact) mass is 405 g/mol. The van der Waals surface area contributed by atoms with Crippen LogP contribution in [0.3, 0.4) is 0 Å². The molecule has 3 rings (SSSR count). The molecule has 0 radical (unpaired) electrons. The zero-order valence-electron chi connectivity index (χ0n) is 14.0. The number of benzene rings is 2. The van der Waals surface area contributed by atoms with Crippen LogP contribution in [-0.4, -0.2) is 22.2 Å². The second kappa shape index (κ2) is 8.33. The van der Waals surface area contributed by atoms with E-state index in [0.29, 0.717) is 10.7 Å². The molecular formula is C19H14Cl2FN3O2. The Kier molecular flexibility index (Phi) is 5.88. The van der Waals surface area contributed by atoms with Crippen LogP contribution in [-0.2, 0) is 6.54 Å². The number of hydrogen-bond acceptors (Lipinski definition) is 3. The largest absolute Gasteiger partial charge is 0.350 e. The molecule has 1 amide bonds. The molecule has 0 aliphatic carbocycles. The lowest BCUT2D eigenvalue weighted by molar-refractivity contribution is 0.0952. The summed E-state index contributed by atoms with van der Waals surface area (Å²) in [5.41, 5.74) is 1.30. The van der Waals surface area contributed by atoms with Crippen LogP contribution in [0.1, 0.15) is 10.4 Å². The number of hydrogen-bond donors (Lipinski definition) is 1. The molecule has 0 bridgehead atoms. The fraction of sp³-hybridized carbons (Fsp3) is 0.105. The molecule has 0 unspecified atom stereocenters. The van der Waals surface area contributed by atoms with Crippen molar-refractivity contribution in [3.63, 3.8) is 0 Å². The summed E-state index contributed by atoms with van der Waals surface area (Å²) in [6.45, 7) is 0.328. The maximum atomic E-state index is 13.1. The molecule has 1 aromatic heterocycles. The van der Waals surface area contributed by atoms with Crippen LogP contribution in [0.15, 0.2) is 59.4 Å². The van der Waals surface area contributed by atoms with E-state index in [0.717, 1.165) is 17.7 Å². The second-order valence-corrected chi connectivity index (χ2v) is 6.51. The Morgan fingerprint density at radius 3 is 2.52 bits per heavy atom. The van der Waals surface area contributed by atoms with Crippen LogP contribution in [0.5, 0.6) is 0 Å². The number of rotatable bonds is 5. The summed E-state index contributed by atoms with van der Waals surface area (Å²) in [6, 6.07) is 13.6. The van der Waals surface area contributed by atoms with E-state index in [1.807, 2.05) is 0 Å². The number of carbonyl (C=O) groups is 1. The van der Waals surface area contributed by atoms with E-state index >= 15 is 0 Å². The summed E-state index contributed by atoms with van der Waals surface area (Å²) in [5, 5.41) is 7.57. The normalized spacial score (nSPS) is 10.6. The van der Waals surface area contributed by atoms with Crippen LogP contribution >= 0.6 is 23.2 Å². The first kappa shape index (κ1) is 19.1. The number of aromatic nitrogens is 2. The van der Waals surface area contributed by atoms with Crippen LogP contribution < -0.4 is 10.9 Å². The van der Waals surface area contributed by atoms with Gasteiger partial charge in [-0.05, 0) is 36.4 Å². The number of nitrogens with one attached hydrogen (secondary N) is 1. The summed E-state index contributed by atoms with van der Waals surface area (Å²) in [5.74, 6) is -0.978. The van der Waals surface area contributed by atoms with E-state index in [1.165, 1.54) is 16.8 Å². The zero-order chi connectivity index (χ0) is 19.4. The van der Waals surface area contributed by atoms with E-state index in [-0.39, 0.29) is 29.2 Å². The summed E-state index contributed by atoms with van der Waals surface area (Å²) in [6.07, 6.45) is 0. The molecular weight excluding hydrogens is 392 g/mol. The molecule has 8 heteroatoms. The SMILES string of the molecule is O=C(NCCn1nc(-c2ccc(Cl)cc2)ccc1=O)c1ccc(F)cc1Cl. The number of nitrogens with zero attached hydrogens (tertiary/aromatic N) is 2. The highest BCUT2D eigenvalue weighted by Crippen LogP contribution is 2.18. The van der Waals surface area contributed by atoms with Crippen molar-refractivity contribution in [2.24, 2.45) is 0 Å². The van der Waals surface area contributed by atoms with Crippen molar-refractivity contribution in [3.8, 4) is 11.3 Å². The lowest BCUT2D eigenvalue weighted by Crippen LogP contribution is -2.32. The summed E-state index contributed by atoms with van der Waals surface area (Å²) < 4.78 is 14.3. The lowest BCUT2D eigenvalue weighted by atomic mass is 10.1. The summed E-state index contributed by atoms with van der Waals surface area (Å²) in [7, 11) is 0. The minimum atomic E-state index is -0.522. The van der Waals surface area contributed by atoms with Gasteiger partial charge in [0, 0.05) is 23.2 Å². The van der Waals surface area contributed by atoms with Gasteiger partial charge in [0.1, 0.15) is 5.82 Å². The van der Waals surface area contributed by atoms with Crippen LogP contribution in [0.25, 0.3) is 11.3 Å². The van der Waals surface area contributed by atoms with Gasteiger partial charge < -0.3 is 5.32 Å². The Morgan fingerprint density at radius 1 is 1.07 bits per heavy atom. The summed E-state index contributed by atoms with van der Waals surface area (Å²) >= 11 is 11.7. The smallest absolute Gasteiger partial charge is 0.266 e. The predicted octanol–water partition coefficient (Wildman–Crippen LogP) is 3.79. The molecule has 0 atom stereocenters. The highest BCUT2D eigenvalue weighted by atomic mass is 35.5. The number of amides is 1. The van der Waals surface area contributed by atoms with Gasteiger partial charge in [0.25, 0.3) is 11.5 Å². The van der Waals surface area contributed by atoms with Crippen molar-refractivity contribution < 1.29 is 9.18 Å². The van der Waals surface area contributed by atoms with Gasteiger partial charge in [0.2, 0.25) is 0 Å². The lowest BCUT2D eigenvalue weighted by Gasteiger charge is -2.09. The van der Waals surface area contributed by atoms with Gasteiger partial charge in [-0.2, -0.15) is 5.10 Å². The Balaban J connectivity index is 1.69. The Bertz CT molecular complexity index is 1040. The zero-order valence-corrected chi connectivity index (χ0v) is 15.5. The van der Waals surface area contributed by atoms with Crippen LogP contribution in [0.4, 0.5) is 4.39 Å². The van der Waals surface area contributed by atoms with E-state index in [9.17, 15) is 14.0 Å². The molecule has 2 aromatic carbocycles. The maximum Gasteiger partial charge on any atom is 0.266 e.